The van der Waals surface area contributed by atoms with Crippen LogP contribution in [0.3, 0.4) is 0 Å². The van der Waals surface area contributed by atoms with E-state index in [1.165, 1.54) is 16.1 Å². The van der Waals surface area contributed by atoms with E-state index >= 15 is 0 Å². The van der Waals surface area contributed by atoms with Crippen molar-refractivity contribution in [3.63, 3.8) is 0 Å². The van der Waals surface area contributed by atoms with E-state index in [2.05, 4.69) is 65.3 Å². The molecular weight excluding hydrogens is 424 g/mol. The van der Waals surface area contributed by atoms with Crippen molar-refractivity contribution >= 4 is 35.0 Å². The van der Waals surface area contributed by atoms with Gasteiger partial charge in [-0.15, -0.1) is 0 Å². The number of piperazine rings is 1. The van der Waals surface area contributed by atoms with Gasteiger partial charge in [0.2, 0.25) is 0 Å². The summed E-state index contributed by atoms with van der Waals surface area (Å²) in [6.45, 7) is 8.51. The number of aromatic nitrogens is 2. The third-order valence-electron chi connectivity index (χ3n) is 5.20. The van der Waals surface area contributed by atoms with Crippen LogP contribution in [0.4, 0.5) is 11.5 Å². The van der Waals surface area contributed by atoms with Gasteiger partial charge in [-0.1, -0.05) is 53.4 Å². The van der Waals surface area contributed by atoms with Gasteiger partial charge in [0.15, 0.2) is 5.16 Å². The van der Waals surface area contributed by atoms with E-state index in [1.54, 1.807) is 23.5 Å². The van der Waals surface area contributed by atoms with Crippen LogP contribution in [0.1, 0.15) is 12.5 Å². The number of para-hydroxylation sites is 2. The van der Waals surface area contributed by atoms with Crippen molar-refractivity contribution in [2.75, 3.05) is 48.8 Å². The van der Waals surface area contributed by atoms with E-state index in [0.717, 1.165) is 47.9 Å². The first-order chi connectivity index (χ1) is 15.2. The topological polar surface area (TPSA) is 41.5 Å². The second-order valence-corrected chi connectivity index (χ2v) is 9.21. The molecule has 0 spiro atoms. The van der Waals surface area contributed by atoms with Crippen LogP contribution < -0.4 is 14.5 Å². The van der Waals surface area contributed by atoms with Gasteiger partial charge in [-0.05, 0) is 44.4 Å². The van der Waals surface area contributed by atoms with Crippen LogP contribution in [-0.4, -0.2) is 49.0 Å². The van der Waals surface area contributed by atoms with Crippen molar-refractivity contribution in [3.8, 4) is 5.75 Å². The Labute approximate surface area is 193 Å². The zero-order valence-electron chi connectivity index (χ0n) is 18.2. The Morgan fingerprint density at radius 3 is 2.35 bits per heavy atom. The third-order valence-corrected chi connectivity index (χ3v) is 6.68. The van der Waals surface area contributed by atoms with Crippen molar-refractivity contribution in [2.24, 2.45) is 0 Å². The van der Waals surface area contributed by atoms with Crippen LogP contribution in [0.15, 0.2) is 69.7 Å². The maximum absolute atomic E-state index is 5.83. The van der Waals surface area contributed by atoms with Gasteiger partial charge in [-0.2, -0.15) is 0 Å². The van der Waals surface area contributed by atoms with Gasteiger partial charge >= 0.3 is 0 Å². The monoisotopic (exact) mass is 452 g/mol. The minimum absolute atomic E-state index is 0.677. The fourth-order valence-corrected chi connectivity index (χ4v) is 4.84. The normalized spacial score (nSPS) is 14.0. The molecule has 0 bridgehead atoms. The Morgan fingerprint density at radius 1 is 0.935 bits per heavy atom. The molecule has 3 aromatic rings. The lowest BCUT2D eigenvalue weighted by Gasteiger charge is -2.37. The summed E-state index contributed by atoms with van der Waals surface area (Å²) in [7, 11) is 0. The Hall–Kier alpha value is -2.38. The largest absolute Gasteiger partial charge is 0.492 e. The van der Waals surface area contributed by atoms with Crippen molar-refractivity contribution < 1.29 is 4.74 Å². The number of aryl methyl sites for hydroxylation is 1. The highest BCUT2D eigenvalue weighted by Gasteiger charge is 2.21. The molecule has 2 heterocycles. The number of ether oxygens (including phenoxy) is 1. The van der Waals surface area contributed by atoms with Gasteiger partial charge in [0.1, 0.15) is 16.6 Å². The molecule has 1 saturated heterocycles. The molecular formula is C24H28N4OS2. The quantitative estimate of drug-likeness (QED) is 0.271. The number of benzene rings is 2. The molecule has 162 valence electrons. The van der Waals surface area contributed by atoms with E-state index in [4.69, 9.17) is 14.7 Å². The van der Waals surface area contributed by atoms with Crippen molar-refractivity contribution in [1.29, 1.82) is 0 Å². The minimum atomic E-state index is 0.677. The first-order valence-corrected chi connectivity index (χ1v) is 12.6. The fourth-order valence-electron chi connectivity index (χ4n) is 3.60. The summed E-state index contributed by atoms with van der Waals surface area (Å²) < 4.78 is 5.83. The van der Waals surface area contributed by atoms with E-state index < -0.39 is 0 Å². The second-order valence-electron chi connectivity index (χ2n) is 7.34. The van der Waals surface area contributed by atoms with Crippen LogP contribution >= 0.6 is 23.5 Å². The summed E-state index contributed by atoms with van der Waals surface area (Å²) in [6.07, 6.45) is 2.03. The van der Waals surface area contributed by atoms with E-state index in [9.17, 15) is 0 Å². The zero-order chi connectivity index (χ0) is 21.6. The Bertz CT molecular complexity index is 1000. The maximum Gasteiger partial charge on any atom is 0.190 e. The van der Waals surface area contributed by atoms with Gasteiger partial charge in [0.05, 0.1) is 12.3 Å². The van der Waals surface area contributed by atoms with Crippen LogP contribution in [0.25, 0.3) is 0 Å². The molecule has 2 aromatic carbocycles. The molecule has 31 heavy (non-hydrogen) atoms. The minimum Gasteiger partial charge on any atom is -0.492 e. The van der Waals surface area contributed by atoms with Gasteiger partial charge in [0, 0.05) is 37.1 Å². The van der Waals surface area contributed by atoms with Gasteiger partial charge in [-0.25, -0.2) is 9.97 Å². The predicted molar refractivity (Wildman–Crippen MR) is 131 cm³/mol. The fraction of sp³-hybridized carbons (Fsp3) is 0.333. The van der Waals surface area contributed by atoms with Crippen LogP contribution in [0.2, 0.25) is 0 Å². The first kappa shape index (κ1) is 21.8. The smallest absolute Gasteiger partial charge is 0.190 e. The number of hydrogen-bond acceptors (Lipinski definition) is 7. The van der Waals surface area contributed by atoms with Crippen LogP contribution in [0, 0.1) is 6.92 Å². The van der Waals surface area contributed by atoms with E-state index in [-0.39, 0.29) is 0 Å². The Morgan fingerprint density at radius 2 is 1.65 bits per heavy atom. The summed E-state index contributed by atoms with van der Waals surface area (Å²) >= 11 is 3.28. The summed E-state index contributed by atoms with van der Waals surface area (Å²) in [5.74, 6) is 1.97. The lowest BCUT2D eigenvalue weighted by molar-refractivity contribution is 0.340. The molecule has 0 amide bonds. The Kier molecular flexibility index (Phi) is 7.25. The second kappa shape index (κ2) is 10.3. The van der Waals surface area contributed by atoms with E-state index in [0.29, 0.717) is 6.61 Å². The van der Waals surface area contributed by atoms with E-state index in [1.807, 2.05) is 19.2 Å². The molecule has 5 nitrogen and oxygen atoms in total. The lowest BCUT2D eigenvalue weighted by Crippen LogP contribution is -2.47. The number of hydrogen-bond donors (Lipinski definition) is 0. The van der Waals surface area contributed by atoms with Crippen LogP contribution in [0.5, 0.6) is 5.75 Å². The molecule has 1 aliphatic rings. The molecule has 0 N–H and O–H groups in total. The summed E-state index contributed by atoms with van der Waals surface area (Å²) in [5.41, 5.74) is 2.44. The summed E-state index contributed by atoms with van der Waals surface area (Å²) in [4.78, 5) is 15.5. The lowest BCUT2D eigenvalue weighted by atomic mass is 10.2. The van der Waals surface area contributed by atoms with Crippen molar-refractivity contribution in [2.45, 2.75) is 28.9 Å². The molecule has 7 heteroatoms. The highest BCUT2D eigenvalue weighted by atomic mass is 32.2. The Balaban J connectivity index is 1.48. The highest BCUT2D eigenvalue weighted by Crippen LogP contribution is 2.32. The van der Waals surface area contributed by atoms with Gasteiger partial charge < -0.3 is 14.5 Å². The average Bonchev–Trinajstić information content (AvgIpc) is 2.81. The molecule has 0 atom stereocenters. The highest BCUT2D eigenvalue weighted by molar-refractivity contribution is 7.99. The standard InChI is InChI=1S/C24H28N4OS2/c1-4-29-21-8-6-5-7-20(21)27-13-15-28(16-14-27)22-17-23(26-24(25-22)30-3)31-19-11-9-18(2)10-12-19/h5-12,17H,4,13-16H2,1-3H3. The number of nitrogens with zero attached hydrogens (tertiary/aromatic N) is 4. The summed E-state index contributed by atoms with van der Waals surface area (Å²) in [6, 6.07) is 19.0. The molecule has 0 unspecified atom stereocenters. The first-order valence-electron chi connectivity index (χ1n) is 10.6. The molecule has 4 rings (SSSR count). The zero-order valence-corrected chi connectivity index (χ0v) is 19.9. The maximum atomic E-state index is 5.83. The van der Waals surface area contributed by atoms with Gasteiger partial charge in [0.25, 0.3) is 0 Å². The SMILES string of the molecule is CCOc1ccccc1N1CCN(c2cc(Sc3ccc(C)cc3)nc(SC)n2)CC1. The average molecular weight is 453 g/mol. The number of anilines is 2. The number of thioether (sulfide) groups is 1. The molecule has 0 saturated carbocycles. The molecule has 1 aromatic heterocycles. The van der Waals surface area contributed by atoms with Gasteiger partial charge in [-0.3, -0.25) is 0 Å². The van der Waals surface area contributed by atoms with Crippen molar-refractivity contribution in [3.05, 3.63) is 60.2 Å². The molecule has 1 fully saturated rings. The summed E-state index contributed by atoms with van der Waals surface area (Å²) in [5, 5.41) is 1.80. The predicted octanol–water partition coefficient (Wildman–Crippen LogP) is 5.38. The molecule has 0 radical (unpaired) electrons. The third kappa shape index (κ3) is 5.46. The number of rotatable bonds is 7. The van der Waals surface area contributed by atoms with Crippen LogP contribution in [-0.2, 0) is 0 Å². The van der Waals surface area contributed by atoms with Crippen molar-refractivity contribution in [1.82, 2.24) is 9.97 Å². The molecule has 0 aliphatic carbocycles. The molecule has 1 aliphatic heterocycles.